The van der Waals surface area contributed by atoms with Gasteiger partial charge in [-0.05, 0) is 12.1 Å². The number of hydrogen-bond donors (Lipinski definition) is 1. The molecule has 2 aromatic carbocycles. The van der Waals surface area contributed by atoms with Crippen molar-refractivity contribution in [3.63, 3.8) is 0 Å². The Morgan fingerprint density at radius 3 is 2.48 bits per heavy atom. The van der Waals surface area contributed by atoms with Crippen molar-refractivity contribution < 1.29 is 9.53 Å². The van der Waals surface area contributed by atoms with Crippen LogP contribution in [0.3, 0.4) is 0 Å². The quantitative estimate of drug-likeness (QED) is 0.574. The molecule has 134 valence electrons. The molecule has 2 heterocycles. The number of aromatic nitrogens is 4. The molecule has 27 heavy (non-hydrogen) atoms. The Morgan fingerprint density at radius 1 is 1.07 bits per heavy atom. The first-order chi connectivity index (χ1) is 13.2. The van der Waals surface area contributed by atoms with E-state index in [2.05, 4.69) is 19.8 Å². The summed E-state index contributed by atoms with van der Waals surface area (Å²) in [4.78, 5) is 17.0. The van der Waals surface area contributed by atoms with Gasteiger partial charge in [-0.3, -0.25) is 10.1 Å². The minimum Gasteiger partial charge on any atom is -0.493 e. The number of methoxy groups -OCH3 is 1. The smallest absolute Gasteiger partial charge is 0.281 e. The molecule has 4 rings (SSSR count). The zero-order valence-electron chi connectivity index (χ0n) is 14.4. The molecule has 0 atom stereocenters. The van der Waals surface area contributed by atoms with Crippen LogP contribution in [0.4, 0.5) is 5.13 Å². The Balaban J connectivity index is 1.57. The second kappa shape index (κ2) is 7.38. The van der Waals surface area contributed by atoms with E-state index >= 15 is 0 Å². The molecule has 2 aromatic heterocycles. The second-order valence-corrected chi connectivity index (χ2v) is 6.32. The first-order valence-electron chi connectivity index (χ1n) is 8.14. The van der Waals surface area contributed by atoms with Crippen molar-refractivity contribution in [1.29, 1.82) is 0 Å². The van der Waals surface area contributed by atoms with Gasteiger partial charge in [0.25, 0.3) is 5.91 Å². The number of anilines is 1. The third kappa shape index (κ3) is 3.56. The van der Waals surface area contributed by atoms with Gasteiger partial charge in [0.1, 0.15) is 0 Å². The number of nitrogens with zero attached hydrogens (tertiary/aromatic N) is 4. The number of benzene rings is 2. The van der Waals surface area contributed by atoms with Gasteiger partial charge in [0.15, 0.2) is 17.3 Å². The van der Waals surface area contributed by atoms with E-state index in [1.807, 2.05) is 60.7 Å². The number of para-hydroxylation sites is 1. The van der Waals surface area contributed by atoms with Gasteiger partial charge in [-0.1, -0.05) is 48.5 Å². The van der Waals surface area contributed by atoms with E-state index < -0.39 is 5.91 Å². The second-order valence-electron chi connectivity index (χ2n) is 5.57. The molecule has 0 saturated heterocycles. The van der Waals surface area contributed by atoms with Crippen molar-refractivity contribution >= 4 is 22.6 Å². The fraction of sp³-hybridized carbons (Fsp3) is 0.0526. The predicted octanol–water partition coefficient (Wildman–Crippen LogP) is 3.65. The van der Waals surface area contributed by atoms with Crippen molar-refractivity contribution in [3.05, 3.63) is 72.6 Å². The molecule has 0 aliphatic carbocycles. The van der Waals surface area contributed by atoms with Gasteiger partial charge in [-0.25, -0.2) is 4.68 Å². The number of rotatable bonds is 5. The van der Waals surface area contributed by atoms with Crippen LogP contribution < -0.4 is 10.1 Å². The maximum atomic E-state index is 12.7. The topological polar surface area (TPSA) is 81.9 Å². The lowest BCUT2D eigenvalue weighted by Gasteiger charge is -2.00. The van der Waals surface area contributed by atoms with Gasteiger partial charge in [-0.15, -0.1) is 0 Å². The highest BCUT2D eigenvalue weighted by molar-refractivity contribution is 7.10. The SMILES string of the molecule is COc1cn(-c2ccccc2)nc1C(=O)Nc1nc(-c2ccccc2)ns1. The fourth-order valence-corrected chi connectivity index (χ4v) is 3.10. The van der Waals surface area contributed by atoms with Crippen molar-refractivity contribution in [3.8, 4) is 22.8 Å². The van der Waals surface area contributed by atoms with Crippen molar-refractivity contribution in [1.82, 2.24) is 19.1 Å². The third-order valence-corrected chi connectivity index (χ3v) is 4.45. The monoisotopic (exact) mass is 377 g/mol. The average Bonchev–Trinajstić information content (AvgIpc) is 3.36. The van der Waals surface area contributed by atoms with E-state index in [1.54, 1.807) is 10.9 Å². The van der Waals surface area contributed by atoms with Crippen molar-refractivity contribution in [2.24, 2.45) is 0 Å². The van der Waals surface area contributed by atoms with E-state index in [-0.39, 0.29) is 5.69 Å². The van der Waals surface area contributed by atoms with Crippen LogP contribution in [0, 0.1) is 0 Å². The van der Waals surface area contributed by atoms with Crippen LogP contribution in [0.15, 0.2) is 66.9 Å². The van der Waals surface area contributed by atoms with Crippen LogP contribution in [0.1, 0.15) is 10.5 Å². The Morgan fingerprint density at radius 2 is 1.78 bits per heavy atom. The van der Waals surface area contributed by atoms with E-state index in [0.717, 1.165) is 22.8 Å². The van der Waals surface area contributed by atoms with Crippen LogP contribution in [0.25, 0.3) is 17.1 Å². The zero-order valence-corrected chi connectivity index (χ0v) is 15.2. The minimum absolute atomic E-state index is 0.179. The summed E-state index contributed by atoms with van der Waals surface area (Å²) < 4.78 is 11.2. The Hall–Kier alpha value is -3.52. The standard InChI is InChI=1S/C19H15N5O2S/c1-26-15-12-24(14-10-6-3-7-11-14)22-16(15)18(25)21-19-20-17(23-27-19)13-8-4-2-5-9-13/h2-12H,1H3,(H,20,21,23,25). The largest absolute Gasteiger partial charge is 0.493 e. The third-order valence-electron chi connectivity index (χ3n) is 3.81. The molecule has 8 heteroatoms. The summed E-state index contributed by atoms with van der Waals surface area (Å²) in [5, 5.41) is 7.48. The minimum atomic E-state index is -0.405. The summed E-state index contributed by atoms with van der Waals surface area (Å²) >= 11 is 1.12. The van der Waals surface area contributed by atoms with Gasteiger partial charge >= 0.3 is 0 Å². The number of carbonyl (C=O) groups excluding carboxylic acids is 1. The van der Waals surface area contributed by atoms with Crippen LogP contribution >= 0.6 is 11.5 Å². The van der Waals surface area contributed by atoms with E-state index in [1.165, 1.54) is 7.11 Å². The van der Waals surface area contributed by atoms with Gasteiger partial charge in [0, 0.05) is 17.1 Å². The van der Waals surface area contributed by atoms with Gasteiger partial charge < -0.3 is 4.74 Å². The van der Waals surface area contributed by atoms with Gasteiger partial charge in [0.2, 0.25) is 5.13 Å². The summed E-state index contributed by atoms with van der Waals surface area (Å²) in [5.41, 5.74) is 1.90. The summed E-state index contributed by atoms with van der Waals surface area (Å²) in [6, 6.07) is 19.1. The van der Waals surface area contributed by atoms with E-state index in [9.17, 15) is 4.79 Å². The molecule has 0 bridgehead atoms. The molecule has 7 nitrogen and oxygen atoms in total. The first kappa shape index (κ1) is 16.9. The lowest BCUT2D eigenvalue weighted by molar-refractivity contribution is 0.101. The fourth-order valence-electron chi connectivity index (χ4n) is 2.51. The Kier molecular flexibility index (Phi) is 4.63. The molecule has 4 aromatic rings. The van der Waals surface area contributed by atoms with Crippen LogP contribution in [-0.4, -0.2) is 32.2 Å². The zero-order chi connectivity index (χ0) is 18.6. The summed E-state index contributed by atoms with van der Waals surface area (Å²) in [7, 11) is 1.50. The summed E-state index contributed by atoms with van der Waals surface area (Å²) in [6.45, 7) is 0. The molecule has 1 amide bonds. The maximum absolute atomic E-state index is 12.7. The molecular formula is C19H15N5O2S. The average molecular weight is 377 g/mol. The highest BCUT2D eigenvalue weighted by Gasteiger charge is 2.20. The molecule has 0 spiro atoms. The van der Waals surface area contributed by atoms with Gasteiger partial charge in [0.05, 0.1) is 19.0 Å². The molecule has 0 saturated carbocycles. The summed E-state index contributed by atoms with van der Waals surface area (Å²) in [5.74, 6) is 0.541. The molecule has 0 fully saturated rings. The van der Waals surface area contributed by atoms with Crippen molar-refractivity contribution in [2.45, 2.75) is 0 Å². The van der Waals surface area contributed by atoms with Crippen LogP contribution in [0.2, 0.25) is 0 Å². The highest BCUT2D eigenvalue weighted by Crippen LogP contribution is 2.23. The molecular weight excluding hydrogens is 362 g/mol. The molecule has 0 unspecified atom stereocenters. The lowest BCUT2D eigenvalue weighted by atomic mass is 10.2. The molecule has 0 aliphatic rings. The molecule has 0 radical (unpaired) electrons. The van der Waals surface area contributed by atoms with Gasteiger partial charge in [-0.2, -0.15) is 14.5 Å². The van der Waals surface area contributed by atoms with Crippen LogP contribution in [-0.2, 0) is 0 Å². The van der Waals surface area contributed by atoms with Crippen molar-refractivity contribution in [2.75, 3.05) is 12.4 Å². The van der Waals surface area contributed by atoms with E-state index in [0.29, 0.717) is 16.7 Å². The predicted molar refractivity (Wildman–Crippen MR) is 103 cm³/mol. The first-order valence-corrected chi connectivity index (χ1v) is 8.91. The van der Waals surface area contributed by atoms with Crippen LogP contribution in [0.5, 0.6) is 5.75 Å². The number of carbonyl (C=O) groups is 1. The normalized spacial score (nSPS) is 10.6. The Labute approximate surface area is 159 Å². The molecule has 1 N–H and O–H groups in total. The summed E-state index contributed by atoms with van der Waals surface area (Å²) in [6.07, 6.45) is 1.67. The Bertz CT molecular complexity index is 1060. The molecule has 0 aliphatic heterocycles. The highest BCUT2D eigenvalue weighted by atomic mass is 32.1. The number of nitrogens with one attached hydrogen (secondary N) is 1. The number of amides is 1. The van der Waals surface area contributed by atoms with E-state index in [4.69, 9.17) is 4.74 Å². The maximum Gasteiger partial charge on any atom is 0.281 e. The lowest BCUT2D eigenvalue weighted by Crippen LogP contribution is -2.14. The number of hydrogen-bond acceptors (Lipinski definition) is 6. The number of ether oxygens (including phenoxy) is 1.